The Bertz CT molecular complexity index is 456. The van der Waals surface area contributed by atoms with Gasteiger partial charge in [0.25, 0.3) is 0 Å². The molecule has 1 heterocycles. The molecule has 0 fully saturated rings. The lowest BCUT2D eigenvalue weighted by Crippen LogP contribution is -2.22. The summed E-state index contributed by atoms with van der Waals surface area (Å²) in [4.78, 5) is 23.4. The highest BCUT2D eigenvalue weighted by molar-refractivity contribution is 5.93. The molecule has 19 heavy (non-hydrogen) atoms. The van der Waals surface area contributed by atoms with Crippen molar-refractivity contribution in [1.82, 2.24) is 9.78 Å². The number of esters is 2. The lowest BCUT2D eigenvalue weighted by molar-refractivity contribution is 0.0503. The average molecular weight is 269 g/mol. The number of nitrogens with two attached hydrogens (primary N) is 1. The third-order valence-electron chi connectivity index (χ3n) is 2.46. The summed E-state index contributed by atoms with van der Waals surface area (Å²) in [6, 6.07) is 1.14. The summed E-state index contributed by atoms with van der Waals surface area (Å²) >= 11 is 0. The Morgan fingerprint density at radius 2 is 1.89 bits per heavy atom. The molecule has 0 bridgehead atoms. The first-order chi connectivity index (χ1) is 9.04. The monoisotopic (exact) mass is 269 g/mol. The Hall–Kier alpha value is -1.89. The van der Waals surface area contributed by atoms with Crippen LogP contribution in [0.3, 0.4) is 0 Å². The molecule has 0 saturated carbocycles. The van der Waals surface area contributed by atoms with Crippen LogP contribution in [0.5, 0.6) is 0 Å². The molecule has 7 heteroatoms. The number of carbonyl (C=O) groups excluding carboxylic acids is 2. The molecule has 0 aromatic carbocycles. The molecule has 1 aromatic heterocycles. The highest BCUT2D eigenvalue weighted by atomic mass is 16.5. The van der Waals surface area contributed by atoms with Gasteiger partial charge in [0.05, 0.1) is 19.3 Å². The molecular formula is C12H19N3O4. The molecule has 1 unspecified atom stereocenters. The van der Waals surface area contributed by atoms with Crippen molar-refractivity contribution in [3.63, 3.8) is 0 Å². The average Bonchev–Trinajstić information content (AvgIpc) is 2.83. The topological polar surface area (TPSA) is 96.4 Å². The Kier molecular flexibility index (Phi) is 5.50. The summed E-state index contributed by atoms with van der Waals surface area (Å²) in [6.07, 6.45) is 0. The van der Waals surface area contributed by atoms with E-state index in [-0.39, 0.29) is 37.2 Å². The standard InChI is InChI=1S/C12H19N3O4/c1-4-18-11(16)9-6-10(12(17)19-5-2)15(14-9)8(3)7-13/h6,8H,4-5,7,13H2,1-3H3. The van der Waals surface area contributed by atoms with Gasteiger partial charge in [0, 0.05) is 12.6 Å². The van der Waals surface area contributed by atoms with E-state index in [0.29, 0.717) is 0 Å². The minimum absolute atomic E-state index is 0.0743. The molecule has 1 rings (SSSR count). The summed E-state index contributed by atoms with van der Waals surface area (Å²) < 4.78 is 11.2. The molecule has 0 aliphatic rings. The van der Waals surface area contributed by atoms with E-state index in [1.807, 2.05) is 0 Å². The van der Waals surface area contributed by atoms with E-state index >= 15 is 0 Å². The van der Waals surface area contributed by atoms with Crippen LogP contribution < -0.4 is 5.73 Å². The number of carbonyl (C=O) groups is 2. The smallest absolute Gasteiger partial charge is 0.358 e. The van der Waals surface area contributed by atoms with Crippen LogP contribution in [0.2, 0.25) is 0 Å². The Morgan fingerprint density at radius 1 is 1.32 bits per heavy atom. The van der Waals surface area contributed by atoms with E-state index in [1.165, 1.54) is 10.7 Å². The highest BCUT2D eigenvalue weighted by Gasteiger charge is 2.23. The largest absolute Gasteiger partial charge is 0.461 e. The van der Waals surface area contributed by atoms with Gasteiger partial charge in [-0.2, -0.15) is 5.10 Å². The predicted octanol–water partition coefficient (Wildman–Crippen LogP) is 0.756. The van der Waals surface area contributed by atoms with Crippen LogP contribution in [-0.4, -0.2) is 41.5 Å². The van der Waals surface area contributed by atoms with Gasteiger partial charge < -0.3 is 15.2 Å². The minimum atomic E-state index is -0.573. The van der Waals surface area contributed by atoms with Crippen LogP contribution in [0.1, 0.15) is 47.8 Å². The van der Waals surface area contributed by atoms with E-state index in [0.717, 1.165) is 0 Å². The predicted molar refractivity (Wildman–Crippen MR) is 67.9 cm³/mol. The van der Waals surface area contributed by atoms with Crippen LogP contribution in [0.25, 0.3) is 0 Å². The summed E-state index contributed by atoms with van der Waals surface area (Å²) in [5.41, 5.74) is 5.83. The highest BCUT2D eigenvalue weighted by Crippen LogP contribution is 2.13. The van der Waals surface area contributed by atoms with Crippen LogP contribution >= 0.6 is 0 Å². The molecule has 0 amide bonds. The Balaban J connectivity index is 3.12. The molecule has 0 aliphatic carbocycles. The van der Waals surface area contributed by atoms with Crippen molar-refractivity contribution in [2.24, 2.45) is 5.73 Å². The molecule has 106 valence electrons. The fourth-order valence-corrected chi connectivity index (χ4v) is 1.49. The number of aromatic nitrogens is 2. The molecular weight excluding hydrogens is 250 g/mol. The number of rotatable bonds is 6. The molecule has 1 aromatic rings. The Labute approximate surface area is 111 Å². The second kappa shape index (κ2) is 6.89. The van der Waals surface area contributed by atoms with Crippen molar-refractivity contribution in [3.05, 3.63) is 17.5 Å². The maximum Gasteiger partial charge on any atom is 0.358 e. The summed E-state index contributed by atoms with van der Waals surface area (Å²) in [7, 11) is 0. The third-order valence-corrected chi connectivity index (χ3v) is 2.46. The molecule has 0 saturated heterocycles. The van der Waals surface area contributed by atoms with Gasteiger partial charge in [-0.05, 0) is 20.8 Å². The molecule has 0 spiro atoms. The van der Waals surface area contributed by atoms with Crippen molar-refractivity contribution < 1.29 is 19.1 Å². The van der Waals surface area contributed by atoms with Crippen molar-refractivity contribution in [3.8, 4) is 0 Å². The fourth-order valence-electron chi connectivity index (χ4n) is 1.49. The molecule has 0 aliphatic heterocycles. The normalized spacial score (nSPS) is 12.0. The van der Waals surface area contributed by atoms with Crippen molar-refractivity contribution >= 4 is 11.9 Å². The van der Waals surface area contributed by atoms with E-state index in [1.54, 1.807) is 20.8 Å². The van der Waals surface area contributed by atoms with Gasteiger partial charge in [0.1, 0.15) is 5.69 Å². The van der Waals surface area contributed by atoms with Crippen molar-refractivity contribution in [1.29, 1.82) is 0 Å². The van der Waals surface area contributed by atoms with Gasteiger partial charge >= 0.3 is 11.9 Å². The lowest BCUT2D eigenvalue weighted by atomic mass is 10.3. The molecule has 1 atom stereocenters. The number of hydrogen-bond acceptors (Lipinski definition) is 6. The zero-order chi connectivity index (χ0) is 14.4. The molecule has 0 radical (unpaired) electrons. The van der Waals surface area contributed by atoms with Crippen LogP contribution in [0.15, 0.2) is 6.07 Å². The van der Waals surface area contributed by atoms with Crippen LogP contribution in [0.4, 0.5) is 0 Å². The van der Waals surface area contributed by atoms with E-state index in [2.05, 4.69) is 5.10 Å². The van der Waals surface area contributed by atoms with Gasteiger partial charge in [-0.25, -0.2) is 9.59 Å². The quantitative estimate of drug-likeness (QED) is 0.766. The SMILES string of the molecule is CCOC(=O)c1cc(C(=O)OCC)n(C(C)CN)n1. The maximum atomic E-state index is 11.8. The second-order valence-corrected chi connectivity index (χ2v) is 3.89. The van der Waals surface area contributed by atoms with Crippen LogP contribution in [0, 0.1) is 0 Å². The fraction of sp³-hybridized carbons (Fsp3) is 0.583. The first kappa shape index (κ1) is 15.2. The van der Waals surface area contributed by atoms with Gasteiger partial charge in [-0.1, -0.05) is 0 Å². The molecule has 2 N–H and O–H groups in total. The van der Waals surface area contributed by atoms with Gasteiger partial charge in [-0.15, -0.1) is 0 Å². The van der Waals surface area contributed by atoms with Crippen molar-refractivity contribution in [2.45, 2.75) is 26.8 Å². The first-order valence-corrected chi connectivity index (χ1v) is 6.18. The van der Waals surface area contributed by atoms with E-state index in [4.69, 9.17) is 15.2 Å². The minimum Gasteiger partial charge on any atom is -0.461 e. The van der Waals surface area contributed by atoms with Crippen molar-refractivity contribution in [2.75, 3.05) is 19.8 Å². The second-order valence-electron chi connectivity index (χ2n) is 3.89. The third kappa shape index (κ3) is 3.54. The lowest BCUT2D eigenvalue weighted by Gasteiger charge is -2.12. The van der Waals surface area contributed by atoms with Gasteiger partial charge in [0.15, 0.2) is 5.69 Å². The zero-order valence-corrected chi connectivity index (χ0v) is 11.4. The summed E-state index contributed by atoms with van der Waals surface area (Å²) in [5, 5.41) is 4.06. The maximum absolute atomic E-state index is 11.8. The van der Waals surface area contributed by atoms with Gasteiger partial charge in [0.2, 0.25) is 0 Å². The summed E-state index contributed by atoms with van der Waals surface area (Å²) in [5.74, 6) is -1.11. The number of ether oxygens (including phenoxy) is 2. The summed E-state index contributed by atoms with van der Waals surface area (Å²) in [6.45, 7) is 5.98. The zero-order valence-electron chi connectivity index (χ0n) is 11.4. The van der Waals surface area contributed by atoms with Crippen LogP contribution in [-0.2, 0) is 9.47 Å². The molecule has 7 nitrogen and oxygen atoms in total. The van der Waals surface area contributed by atoms with E-state index in [9.17, 15) is 9.59 Å². The first-order valence-electron chi connectivity index (χ1n) is 6.18. The van der Waals surface area contributed by atoms with E-state index < -0.39 is 11.9 Å². The number of hydrogen-bond donors (Lipinski definition) is 1. The van der Waals surface area contributed by atoms with Gasteiger partial charge in [-0.3, -0.25) is 4.68 Å². The Morgan fingerprint density at radius 3 is 2.42 bits per heavy atom. The number of nitrogens with zero attached hydrogens (tertiary/aromatic N) is 2.